The molecule has 0 unspecified atom stereocenters. The van der Waals surface area contributed by atoms with E-state index in [2.05, 4.69) is 0 Å². The standard InChI is InChI=1S/C15H16FNO2/c16-12-5-3-4-11(8-12)10-17-13(18)9-15(14(17)19)6-1-2-7-15/h3-5,8H,1-2,6-7,9-10H2. The summed E-state index contributed by atoms with van der Waals surface area (Å²) in [6, 6.07) is 6.07. The van der Waals surface area contributed by atoms with Crippen LogP contribution in [0.2, 0.25) is 0 Å². The predicted octanol–water partition coefficient (Wildman–Crippen LogP) is 2.65. The monoisotopic (exact) mass is 261 g/mol. The molecular weight excluding hydrogens is 245 g/mol. The van der Waals surface area contributed by atoms with Crippen molar-refractivity contribution in [1.29, 1.82) is 0 Å². The number of imide groups is 1. The van der Waals surface area contributed by atoms with Crippen LogP contribution in [0.25, 0.3) is 0 Å². The molecule has 1 aromatic carbocycles. The van der Waals surface area contributed by atoms with E-state index in [1.54, 1.807) is 12.1 Å². The number of halogens is 1. The number of likely N-dealkylation sites (tertiary alicyclic amines) is 1. The molecule has 1 spiro atoms. The Bertz CT molecular complexity index is 535. The summed E-state index contributed by atoms with van der Waals surface area (Å²) in [5.41, 5.74) is 0.224. The highest BCUT2D eigenvalue weighted by Crippen LogP contribution is 2.47. The van der Waals surface area contributed by atoms with Crippen LogP contribution in [0.4, 0.5) is 4.39 Å². The van der Waals surface area contributed by atoms with Gasteiger partial charge in [-0.3, -0.25) is 14.5 Å². The lowest BCUT2D eigenvalue weighted by atomic mass is 9.84. The third kappa shape index (κ3) is 2.05. The highest BCUT2D eigenvalue weighted by Gasteiger charge is 2.52. The minimum Gasteiger partial charge on any atom is -0.278 e. The van der Waals surface area contributed by atoms with Crippen LogP contribution in [0.3, 0.4) is 0 Å². The van der Waals surface area contributed by atoms with Crippen LogP contribution in [0.15, 0.2) is 24.3 Å². The second kappa shape index (κ2) is 4.44. The Hall–Kier alpha value is -1.71. The number of hydrogen-bond donors (Lipinski definition) is 0. The van der Waals surface area contributed by atoms with E-state index in [-0.39, 0.29) is 24.2 Å². The minimum atomic E-state index is -0.440. The lowest BCUT2D eigenvalue weighted by Gasteiger charge is -2.20. The first kappa shape index (κ1) is 12.3. The first-order valence-electron chi connectivity index (χ1n) is 6.70. The topological polar surface area (TPSA) is 37.4 Å². The molecule has 2 amide bonds. The smallest absolute Gasteiger partial charge is 0.236 e. The largest absolute Gasteiger partial charge is 0.278 e. The molecule has 2 aliphatic rings. The Balaban J connectivity index is 1.82. The summed E-state index contributed by atoms with van der Waals surface area (Å²) in [7, 11) is 0. The van der Waals surface area contributed by atoms with Crippen LogP contribution < -0.4 is 0 Å². The van der Waals surface area contributed by atoms with Crippen LogP contribution in [-0.4, -0.2) is 16.7 Å². The van der Waals surface area contributed by atoms with E-state index in [4.69, 9.17) is 0 Å². The van der Waals surface area contributed by atoms with Gasteiger partial charge in [0.25, 0.3) is 0 Å². The molecule has 0 bridgehead atoms. The fourth-order valence-electron chi connectivity index (χ4n) is 3.28. The highest BCUT2D eigenvalue weighted by molar-refractivity contribution is 6.05. The van der Waals surface area contributed by atoms with Gasteiger partial charge in [-0.2, -0.15) is 0 Å². The van der Waals surface area contributed by atoms with E-state index in [9.17, 15) is 14.0 Å². The average molecular weight is 261 g/mol. The van der Waals surface area contributed by atoms with Crippen LogP contribution in [0.5, 0.6) is 0 Å². The molecule has 0 N–H and O–H groups in total. The molecule has 2 fully saturated rings. The molecule has 19 heavy (non-hydrogen) atoms. The molecule has 100 valence electrons. The van der Waals surface area contributed by atoms with Crippen molar-refractivity contribution >= 4 is 11.8 Å². The van der Waals surface area contributed by atoms with Gasteiger partial charge in [-0.1, -0.05) is 25.0 Å². The fraction of sp³-hybridized carbons (Fsp3) is 0.467. The summed E-state index contributed by atoms with van der Waals surface area (Å²) in [4.78, 5) is 25.8. The maximum atomic E-state index is 13.1. The molecule has 0 aromatic heterocycles. The van der Waals surface area contributed by atoms with Gasteiger partial charge in [-0.25, -0.2) is 4.39 Å². The predicted molar refractivity (Wildman–Crippen MR) is 67.5 cm³/mol. The Labute approximate surface area is 111 Å². The number of nitrogens with zero attached hydrogens (tertiary/aromatic N) is 1. The quantitative estimate of drug-likeness (QED) is 0.767. The van der Waals surface area contributed by atoms with Crippen molar-refractivity contribution in [3.63, 3.8) is 0 Å². The minimum absolute atomic E-state index is 0.0562. The van der Waals surface area contributed by atoms with Gasteiger partial charge in [0.2, 0.25) is 11.8 Å². The van der Waals surface area contributed by atoms with E-state index in [1.165, 1.54) is 17.0 Å². The van der Waals surface area contributed by atoms with E-state index in [0.717, 1.165) is 25.7 Å². The van der Waals surface area contributed by atoms with Crippen molar-refractivity contribution in [2.24, 2.45) is 5.41 Å². The molecule has 1 aromatic rings. The lowest BCUT2D eigenvalue weighted by molar-refractivity contribution is -0.142. The van der Waals surface area contributed by atoms with E-state index in [0.29, 0.717) is 12.0 Å². The van der Waals surface area contributed by atoms with Crippen molar-refractivity contribution in [2.75, 3.05) is 0 Å². The number of benzene rings is 1. The summed E-state index contributed by atoms with van der Waals surface area (Å²) < 4.78 is 13.1. The van der Waals surface area contributed by atoms with Crippen molar-refractivity contribution in [3.05, 3.63) is 35.6 Å². The molecule has 1 aliphatic carbocycles. The van der Waals surface area contributed by atoms with Crippen LogP contribution >= 0.6 is 0 Å². The van der Waals surface area contributed by atoms with Gasteiger partial charge in [0.1, 0.15) is 5.82 Å². The summed E-state index contributed by atoms with van der Waals surface area (Å²) in [6.07, 6.45) is 4.01. The van der Waals surface area contributed by atoms with Gasteiger partial charge in [-0.05, 0) is 30.5 Å². The summed E-state index contributed by atoms with van der Waals surface area (Å²) in [6.45, 7) is 0.192. The Morgan fingerprint density at radius 2 is 1.95 bits per heavy atom. The first-order chi connectivity index (χ1) is 9.11. The fourth-order valence-corrected chi connectivity index (χ4v) is 3.28. The number of carbonyl (C=O) groups excluding carboxylic acids is 2. The van der Waals surface area contributed by atoms with Crippen LogP contribution in [-0.2, 0) is 16.1 Å². The van der Waals surface area contributed by atoms with Crippen molar-refractivity contribution in [1.82, 2.24) is 4.90 Å². The summed E-state index contributed by atoms with van der Waals surface area (Å²) in [5.74, 6) is -0.511. The summed E-state index contributed by atoms with van der Waals surface area (Å²) >= 11 is 0. The zero-order chi connectivity index (χ0) is 13.5. The molecule has 1 aliphatic heterocycles. The first-order valence-corrected chi connectivity index (χ1v) is 6.70. The van der Waals surface area contributed by atoms with Crippen molar-refractivity contribution in [3.8, 4) is 0 Å². The molecule has 3 rings (SSSR count). The number of carbonyl (C=O) groups is 2. The third-order valence-electron chi connectivity index (χ3n) is 4.28. The third-order valence-corrected chi connectivity index (χ3v) is 4.28. The van der Waals surface area contributed by atoms with Crippen LogP contribution in [0, 0.1) is 11.2 Å². The Kier molecular flexibility index (Phi) is 2.88. The van der Waals surface area contributed by atoms with Crippen LogP contribution in [0.1, 0.15) is 37.7 Å². The molecule has 1 saturated heterocycles. The maximum absolute atomic E-state index is 13.1. The van der Waals surface area contributed by atoms with Gasteiger partial charge in [0.15, 0.2) is 0 Å². The van der Waals surface area contributed by atoms with E-state index < -0.39 is 5.41 Å². The molecule has 0 radical (unpaired) electrons. The second-order valence-electron chi connectivity index (χ2n) is 5.58. The normalized spacial score (nSPS) is 21.6. The van der Waals surface area contributed by atoms with E-state index in [1.807, 2.05) is 0 Å². The van der Waals surface area contributed by atoms with E-state index >= 15 is 0 Å². The average Bonchev–Trinajstić information content (AvgIpc) is 2.92. The molecular formula is C15H16FNO2. The number of rotatable bonds is 2. The zero-order valence-corrected chi connectivity index (χ0v) is 10.7. The molecule has 0 atom stereocenters. The van der Waals surface area contributed by atoms with Gasteiger partial charge in [0, 0.05) is 6.42 Å². The number of amides is 2. The Morgan fingerprint density at radius 3 is 2.63 bits per heavy atom. The molecule has 3 nitrogen and oxygen atoms in total. The molecule has 1 heterocycles. The highest BCUT2D eigenvalue weighted by atomic mass is 19.1. The van der Waals surface area contributed by atoms with Gasteiger partial charge < -0.3 is 0 Å². The van der Waals surface area contributed by atoms with Crippen molar-refractivity contribution in [2.45, 2.75) is 38.6 Å². The van der Waals surface area contributed by atoms with Crippen molar-refractivity contribution < 1.29 is 14.0 Å². The maximum Gasteiger partial charge on any atom is 0.236 e. The second-order valence-corrected chi connectivity index (χ2v) is 5.58. The molecule has 1 saturated carbocycles. The zero-order valence-electron chi connectivity index (χ0n) is 10.7. The van der Waals surface area contributed by atoms with Gasteiger partial charge in [0.05, 0.1) is 12.0 Å². The molecule has 4 heteroatoms. The Morgan fingerprint density at radius 1 is 1.21 bits per heavy atom. The summed E-state index contributed by atoms with van der Waals surface area (Å²) in [5, 5.41) is 0. The SMILES string of the molecule is O=C1CC2(CCCC2)C(=O)N1Cc1cccc(F)c1. The van der Waals surface area contributed by atoms with Gasteiger partial charge in [-0.15, -0.1) is 0 Å². The lowest BCUT2D eigenvalue weighted by Crippen LogP contribution is -2.33. The van der Waals surface area contributed by atoms with Gasteiger partial charge >= 0.3 is 0 Å². The number of hydrogen-bond acceptors (Lipinski definition) is 2.